The van der Waals surface area contributed by atoms with Crippen LogP contribution < -0.4 is 0 Å². The van der Waals surface area contributed by atoms with Gasteiger partial charge < -0.3 is 5.11 Å². The first-order chi connectivity index (χ1) is 8.99. The fourth-order valence-corrected chi connectivity index (χ4v) is 3.04. The van der Waals surface area contributed by atoms with Gasteiger partial charge in [0.2, 0.25) is 10.5 Å². The second kappa shape index (κ2) is 4.31. The highest BCUT2D eigenvalue weighted by Gasteiger charge is 2.61. The number of alkyl halides is 1. The lowest BCUT2D eigenvalue weighted by atomic mass is 9.97. The van der Waals surface area contributed by atoms with Crippen LogP contribution in [0.4, 0.5) is 0 Å². The highest BCUT2D eigenvalue weighted by atomic mass is 35.5. The van der Waals surface area contributed by atoms with Gasteiger partial charge in [0.05, 0.1) is 4.87 Å². The van der Waals surface area contributed by atoms with Crippen molar-refractivity contribution in [1.82, 2.24) is 14.8 Å². The molecule has 4 nitrogen and oxygen atoms in total. The van der Waals surface area contributed by atoms with Crippen LogP contribution in [-0.4, -0.2) is 24.7 Å². The Hall–Kier alpha value is -0.880. The zero-order chi connectivity index (χ0) is 13.7. The Labute approximate surface area is 125 Å². The smallest absolute Gasteiger partial charge is 0.218 e. The van der Waals surface area contributed by atoms with Crippen molar-refractivity contribution in [3.05, 3.63) is 45.9 Å². The van der Waals surface area contributed by atoms with Crippen LogP contribution in [0.25, 0.3) is 0 Å². The second-order valence-corrected chi connectivity index (χ2v) is 6.12. The van der Waals surface area contributed by atoms with E-state index in [-0.39, 0.29) is 4.77 Å². The number of aromatic nitrogens is 3. The molecular formula is C12H11Cl2N3OS. The van der Waals surface area contributed by atoms with Crippen molar-refractivity contribution in [2.45, 2.75) is 23.4 Å². The quantitative estimate of drug-likeness (QED) is 0.676. The molecule has 1 aliphatic carbocycles. The summed E-state index contributed by atoms with van der Waals surface area (Å²) in [4.78, 5) is 3.12. The van der Waals surface area contributed by atoms with Gasteiger partial charge in [-0.3, -0.25) is 5.10 Å². The van der Waals surface area contributed by atoms with Crippen molar-refractivity contribution in [2.24, 2.45) is 0 Å². The number of hydrogen-bond acceptors (Lipinski definition) is 3. The van der Waals surface area contributed by atoms with Crippen LogP contribution in [0.15, 0.2) is 30.6 Å². The number of nitrogens with one attached hydrogen (secondary N) is 1. The molecule has 0 aliphatic heterocycles. The first-order valence-electron chi connectivity index (χ1n) is 5.78. The molecule has 2 N–H and O–H groups in total. The lowest BCUT2D eigenvalue weighted by Gasteiger charge is -2.34. The summed E-state index contributed by atoms with van der Waals surface area (Å²) < 4.78 is 1.62. The summed E-state index contributed by atoms with van der Waals surface area (Å²) in [5.41, 5.74) is -1.01. The molecule has 0 amide bonds. The van der Waals surface area contributed by atoms with E-state index in [2.05, 4.69) is 10.1 Å². The third kappa shape index (κ3) is 1.84. The summed E-state index contributed by atoms with van der Waals surface area (Å²) in [6.45, 7) is 0. The number of H-pyrrole nitrogens is 1. The average Bonchev–Trinajstić information content (AvgIpc) is 2.99. The largest absolute Gasteiger partial charge is 0.364 e. The molecule has 7 heteroatoms. The molecule has 1 aliphatic rings. The number of benzene rings is 1. The molecule has 3 rings (SSSR count). The number of hydrogen-bond donors (Lipinski definition) is 2. The van der Waals surface area contributed by atoms with Crippen LogP contribution in [0, 0.1) is 4.77 Å². The SMILES string of the molecule is OC(c1ccccc1Cl)(n1[nH]cnc1=S)C1(Cl)CC1. The molecule has 1 atom stereocenters. The minimum Gasteiger partial charge on any atom is -0.364 e. The highest BCUT2D eigenvalue weighted by molar-refractivity contribution is 7.71. The van der Waals surface area contributed by atoms with Gasteiger partial charge in [0.15, 0.2) is 0 Å². The fraction of sp³-hybridized carbons (Fsp3) is 0.333. The van der Waals surface area contributed by atoms with E-state index in [1.807, 2.05) is 0 Å². The second-order valence-electron chi connectivity index (χ2n) is 4.62. The van der Waals surface area contributed by atoms with Crippen LogP contribution in [0.1, 0.15) is 18.4 Å². The standard InChI is InChI=1S/C12H11Cl2N3OS/c13-9-4-2-1-3-8(9)12(18,11(14)5-6-11)17-10(19)15-7-16-17/h1-4,7,18H,5-6H2,(H,15,16,19). The Balaban J connectivity index is 2.28. The van der Waals surface area contributed by atoms with Crippen molar-refractivity contribution < 1.29 is 5.11 Å². The normalized spacial score (nSPS) is 19.9. The lowest BCUT2D eigenvalue weighted by Crippen LogP contribution is -2.46. The van der Waals surface area contributed by atoms with E-state index in [0.717, 1.165) is 0 Å². The summed E-state index contributed by atoms with van der Waals surface area (Å²) in [6, 6.07) is 7.05. The number of rotatable bonds is 3. The van der Waals surface area contributed by atoms with Crippen molar-refractivity contribution in [1.29, 1.82) is 0 Å². The van der Waals surface area contributed by atoms with Gasteiger partial charge in [-0.05, 0) is 31.1 Å². The van der Waals surface area contributed by atoms with Crippen molar-refractivity contribution in [3.63, 3.8) is 0 Å². The third-order valence-electron chi connectivity index (χ3n) is 3.44. The van der Waals surface area contributed by atoms with Gasteiger partial charge in [-0.1, -0.05) is 29.8 Å². The molecule has 1 heterocycles. The highest BCUT2D eigenvalue weighted by Crippen LogP contribution is 2.56. The van der Waals surface area contributed by atoms with Gasteiger partial charge in [-0.2, -0.15) is 0 Å². The van der Waals surface area contributed by atoms with E-state index in [1.54, 1.807) is 24.3 Å². The average molecular weight is 316 g/mol. The van der Waals surface area contributed by atoms with E-state index < -0.39 is 10.6 Å². The molecular weight excluding hydrogens is 305 g/mol. The van der Waals surface area contributed by atoms with E-state index in [0.29, 0.717) is 23.4 Å². The van der Waals surface area contributed by atoms with Gasteiger partial charge in [0.1, 0.15) is 6.33 Å². The maximum absolute atomic E-state index is 11.2. The fourth-order valence-electron chi connectivity index (χ4n) is 2.25. The number of aliphatic hydroxyl groups is 1. The Morgan fingerprint density at radius 3 is 2.63 bits per heavy atom. The predicted octanol–water partition coefficient (Wildman–Crippen LogP) is 3.06. The molecule has 100 valence electrons. The molecule has 1 unspecified atom stereocenters. The van der Waals surface area contributed by atoms with E-state index in [4.69, 9.17) is 35.4 Å². The van der Waals surface area contributed by atoms with Gasteiger partial charge in [-0.25, -0.2) is 9.67 Å². The molecule has 2 aromatic rings. The zero-order valence-corrected chi connectivity index (χ0v) is 12.1. The maximum atomic E-state index is 11.2. The molecule has 19 heavy (non-hydrogen) atoms. The van der Waals surface area contributed by atoms with Crippen LogP contribution in [-0.2, 0) is 5.72 Å². The molecule has 0 saturated heterocycles. The van der Waals surface area contributed by atoms with E-state index >= 15 is 0 Å². The lowest BCUT2D eigenvalue weighted by molar-refractivity contribution is -0.0203. The zero-order valence-electron chi connectivity index (χ0n) is 9.81. The molecule has 0 radical (unpaired) electrons. The minimum atomic E-state index is -1.53. The molecule has 0 spiro atoms. The summed E-state index contributed by atoms with van der Waals surface area (Å²) in [5, 5.41) is 14.5. The number of nitrogens with zero attached hydrogens (tertiary/aromatic N) is 2. The molecule has 0 bridgehead atoms. The van der Waals surface area contributed by atoms with Crippen LogP contribution >= 0.6 is 35.4 Å². The monoisotopic (exact) mass is 315 g/mol. The van der Waals surface area contributed by atoms with Crippen molar-refractivity contribution >= 4 is 35.4 Å². The third-order valence-corrected chi connectivity index (χ3v) is 4.70. The van der Waals surface area contributed by atoms with Crippen molar-refractivity contribution in [2.75, 3.05) is 0 Å². The van der Waals surface area contributed by atoms with Gasteiger partial charge in [0, 0.05) is 10.6 Å². The molecule has 1 aromatic heterocycles. The Kier molecular flexibility index (Phi) is 2.98. The van der Waals surface area contributed by atoms with Crippen LogP contribution in [0.2, 0.25) is 5.02 Å². The first-order valence-corrected chi connectivity index (χ1v) is 6.95. The molecule has 1 aromatic carbocycles. The summed E-state index contributed by atoms with van der Waals surface area (Å²) in [7, 11) is 0. The summed E-state index contributed by atoms with van der Waals surface area (Å²) in [6.07, 6.45) is 2.78. The Morgan fingerprint density at radius 1 is 1.42 bits per heavy atom. The maximum Gasteiger partial charge on any atom is 0.218 e. The molecule has 1 fully saturated rings. The first kappa shape index (κ1) is 13.1. The Morgan fingerprint density at radius 2 is 2.11 bits per heavy atom. The van der Waals surface area contributed by atoms with Crippen molar-refractivity contribution in [3.8, 4) is 0 Å². The minimum absolute atomic E-state index is 0.231. The predicted molar refractivity (Wildman–Crippen MR) is 76.0 cm³/mol. The Bertz CT molecular complexity index is 679. The van der Waals surface area contributed by atoms with E-state index in [9.17, 15) is 5.11 Å². The number of halogens is 2. The number of aromatic amines is 1. The summed E-state index contributed by atoms with van der Waals surface area (Å²) in [5.74, 6) is 0. The van der Waals surface area contributed by atoms with Gasteiger partial charge in [-0.15, -0.1) is 11.6 Å². The van der Waals surface area contributed by atoms with Crippen LogP contribution in [0.3, 0.4) is 0 Å². The summed E-state index contributed by atoms with van der Waals surface area (Å²) >= 11 is 17.8. The van der Waals surface area contributed by atoms with Gasteiger partial charge in [0.25, 0.3) is 0 Å². The molecule has 1 saturated carbocycles. The van der Waals surface area contributed by atoms with Crippen LogP contribution in [0.5, 0.6) is 0 Å². The van der Waals surface area contributed by atoms with Gasteiger partial charge >= 0.3 is 0 Å². The van der Waals surface area contributed by atoms with E-state index in [1.165, 1.54) is 11.0 Å². The topological polar surface area (TPSA) is 53.8 Å².